The molecule has 156 valence electrons. The molecule has 0 spiro atoms. The van der Waals surface area contributed by atoms with Crippen LogP contribution in [0.4, 0.5) is 0 Å². The van der Waals surface area contributed by atoms with Gasteiger partial charge in [0.25, 0.3) is 0 Å². The Bertz CT molecular complexity index is 1030. The van der Waals surface area contributed by atoms with E-state index in [0.29, 0.717) is 31.4 Å². The van der Waals surface area contributed by atoms with E-state index in [9.17, 15) is 9.90 Å². The summed E-state index contributed by atoms with van der Waals surface area (Å²) in [6, 6.07) is 12.3. The number of carbonyl (C=O) groups is 1. The number of rotatable bonds is 7. The predicted octanol–water partition coefficient (Wildman–Crippen LogP) is 1.48. The number of benzene rings is 2. The molecule has 1 amide bonds. The van der Waals surface area contributed by atoms with Crippen LogP contribution in [0.3, 0.4) is 0 Å². The standard InChI is InChI=1S/C22H24N4O4/c1-29-22-24-10-18(11-25-22)16-2-3-17-9-20(5-4-15(17)8-16)30-14-19(27)12-26-7-6-23-21(28)13-26/h2-5,8-11,19,27H,6-7,12-14H2,1H3,(H,23,28). The Morgan fingerprint density at radius 2 is 1.90 bits per heavy atom. The molecular formula is C22H24N4O4. The summed E-state index contributed by atoms with van der Waals surface area (Å²) in [6.07, 6.45) is 2.81. The van der Waals surface area contributed by atoms with Crippen LogP contribution in [0.15, 0.2) is 48.8 Å². The first-order valence-corrected chi connectivity index (χ1v) is 9.81. The van der Waals surface area contributed by atoms with Crippen molar-refractivity contribution in [1.29, 1.82) is 0 Å². The van der Waals surface area contributed by atoms with Gasteiger partial charge in [0, 0.05) is 37.6 Å². The van der Waals surface area contributed by atoms with Crippen molar-refractivity contribution in [3.8, 4) is 22.9 Å². The van der Waals surface area contributed by atoms with Gasteiger partial charge in [-0.3, -0.25) is 9.69 Å². The molecular weight excluding hydrogens is 384 g/mol. The van der Waals surface area contributed by atoms with Crippen molar-refractivity contribution < 1.29 is 19.4 Å². The van der Waals surface area contributed by atoms with E-state index in [-0.39, 0.29) is 12.5 Å². The third kappa shape index (κ3) is 4.84. The Labute approximate surface area is 174 Å². The fourth-order valence-electron chi connectivity index (χ4n) is 3.45. The van der Waals surface area contributed by atoms with Crippen molar-refractivity contribution in [2.75, 3.05) is 39.9 Å². The molecule has 1 aliphatic rings. The van der Waals surface area contributed by atoms with Crippen LogP contribution in [-0.2, 0) is 4.79 Å². The van der Waals surface area contributed by atoms with Crippen molar-refractivity contribution in [3.05, 3.63) is 48.8 Å². The van der Waals surface area contributed by atoms with Crippen LogP contribution >= 0.6 is 0 Å². The fourth-order valence-corrected chi connectivity index (χ4v) is 3.45. The number of aliphatic hydroxyl groups is 1. The second-order valence-electron chi connectivity index (χ2n) is 7.23. The first kappa shape index (κ1) is 20.1. The van der Waals surface area contributed by atoms with Gasteiger partial charge in [-0.25, -0.2) is 9.97 Å². The maximum Gasteiger partial charge on any atom is 0.316 e. The highest BCUT2D eigenvalue weighted by Crippen LogP contribution is 2.27. The van der Waals surface area contributed by atoms with Crippen molar-refractivity contribution >= 4 is 16.7 Å². The zero-order chi connectivity index (χ0) is 20.9. The number of hydrogen-bond acceptors (Lipinski definition) is 7. The minimum absolute atomic E-state index is 0.00975. The van der Waals surface area contributed by atoms with Crippen molar-refractivity contribution in [2.24, 2.45) is 0 Å². The van der Waals surface area contributed by atoms with Crippen LogP contribution in [0.25, 0.3) is 21.9 Å². The van der Waals surface area contributed by atoms with Gasteiger partial charge in [-0.2, -0.15) is 0 Å². The number of amides is 1. The van der Waals surface area contributed by atoms with Gasteiger partial charge in [0.2, 0.25) is 5.91 Å². The molecule has 0 bridgehead atoms. The van der Waals surface area contributed by atoms with Gasteiger partial charge in [0.05, 0.1) is 13.7 Å². The van der Waals surface area contributed by atoms with E-state index in [1.165, 1.54) is 7.11 Å². The summed E-state index contributed by atoms with van der Waals surface area (Å²) in [6.45, 7) is 2.25. The molecule has 8 nitrogen and oxygen atoms in total. The Hall–Kier alpha value is -3.23. The van der Waals surface area contributed by atoms with Crippen LogP contribution in [-0.4, -0.2) is 71.9 Å². The topological polar surface area (TPSA) is 96.8 Å². The van der Waals surface area contributed by atoms with E-state index in [2.05, 4.69) is 21.4 Å². The lowest BCUT2D eigenvalue weighted by Crippen LogP contribution is -2.50. The molecule has 0 aliphatic carbocycles. The number of methoxy groups -OCH3 is 1. The van der Waals surface area contributed by atoms with Crippen LogP contribution in [0.1, 0.15) is 0 Å². The largest absolute Gasteiger partial charge is 0.491 e. The lowest BCUT2D eigenvalue weighted by Gasteiger charge is -2.28. The first-order valence-electron chi connectivity index (χ1n) is 9.81. The molecule has 2 heterocycles. The minimum Gasteiger partial charge on any atom is -0.491 e. The van der Waals surface area contributed by atoms with E-state index in [4.69, 9.17) is 9.47 Å². The van der Waals surface area contributed by atoms with Gasteiger partial charge >= 0.3 is 6.01 Å². The fraction of sp³-hybridized carbons (Fsp3) is 0.318. The SMILES string of the molecule is COc1ncc(-c2ccc3cc(OCC(O)CN4CCNC(=O)C4)ccc3c2)cn1. The van der Waals surface area contributed by atoms with Crippen molar-refractivity contribution in [3.63, 3.8) is 0 Å². The summed E-state index contributed by atoms with van der Waals surface area (Å²) in [4.78, 5) is 21.7. The maximum absolute atomic E-state index is 11.4. The Balaban J connectivity index is 1.39. The predicted molar refractivity (Wildman–Crippen MR) is 112 cm³/mol. The average Bonchev–Trinajstić information content (AvgIpc) is 2.77. The Morgan fingerprint density at radius 3 is 2.67 bits per heavy atom. The lowest BCUT2D eigenvalue weighted by atomic mass is 10.0. The van der Waals surface area contributed by atoms with E-state index >= 15 is 0 Å². The van der Waals surface area contributed by atoms with E-state index in [1.54, 1.807) is 12.4 Å². The Morgan fingerprint density at radius 1 is 1.13 bits per heavy atom. The molecule has 1 fully saturated rings. The van der Waals surface area contributed by atoms with Crippen LogP contribution in [0.2, 0.25) is 0 Å². The summed E-state index contributed by atoms with van der Waals surface area (Å²) < 4.78 is 10.8. The van der Waals surface area contributed by atoms with Crippen molar-refractivity contribution in [2.45, 2.75) is 6.10 Å². The summed E-state index contributed by atoms with van der Waals surface area (Å²) in [7, 11) is 1.54. The number of nitrogens with one attached hydrogen (secondary N) is 1. The van der Waals surface area contributed by atoms with Crippen molar-refractivity contribution in [1.82, 2.24) is 20.2 Å². The summed E-state index contributed by atoms with van der Waals surface area (Å²) in [5, 5.41) is 15.1. The highest BCUT2D eigenvalue weighted by atomic mass is 16.5. The van der Waals surface area contributed by atoms with E-state index in [0.717, 1.165) is 28.4 Å². The van der Waals surface area contributed by atoms with Crippen LogP contribution in [0.5, 0.6) is 11.8 Å². The van der Waals surface area contributed by atoms with Gasteiger partial charge in [0.1, 0.15) is 18.5 Å². The molecule has 8 heteroatoms. The molecule has 1 atom stereocenters. The molecule has 30 heavy (non-hydrogen) atoms. The zero-order valence-electron chi connectivity index (χ0n) is 16.7. The Kier molecular flexibility index (Phi) is 6.06. The number of β-amino-alcohol motifs (C(OH)–C–C–N with tert-alkyl or cyclic N) is 1. The number of hydrogen-bond donors (Lipinski definition) is 2. The minimum atomic E-state index is -0.663. The molecule has 1 unspecified atom stereocenters. The number of nitrogens with zero attached hydrogens (tertiary/aromatic N) is 3. The summed E-state index contributed by atoms with van der Waals surface area (Å²) in [5.74, 6) is 0.683. The molecule has 1 saturated heterocycles. The van der Waals surface area contributed by atoms with Crippen LogP contribution in [0, 0.1) is 0 Å². The summed E-state index contributed by atoms with van der Waals surface area (Å²) >= 11 is 0. The second-order valence-corrected chi connectivity index (χ2v) is 7.23. The number of fused-ring (bicyclic) bond motifs is 1. The van der Waals surface area contributed by atoms with Crippen LogP contribution < -0.4 is 14.8 Å². The number of carbonyl (C=O) groups excluding carboxylic acids is 1. The molecule has 2 aromatic carbocycles. The molecule has 0 saturated carbocycles. The summed E-state index contributed by atoms with van der Waals surface area (Å²) in [5.41, 5.74) is 1.92. The number of ether oxygens (including phenoxy) is 2. The molecule has 0 radical (unpaired) electrons. The molecule has 3 aromatic rings. The molecule has 4 rings (SSSR count). The average molecular weight is 408 g/mol. The third-order valence-corrected chi connectivity index (χ3v) is 4.98. The van der Waals surface area contributed by atoms with Gasteiger partial charge in [0.15, 0.2) is 0 Å². The van der Waals surface area contributed by atoms with E-state index in [1.807, 2.05) is 35.2 Å². The van der Waals surface area contributed by atoms with Gasteiger partial charge < -0.3 is 19.9 Å². The smallest absolute Gasteiger partial charge is 0.316 e. The molecule has 2 N–H and O–H groups in total. The number of piperazine rings is 1. The quantitative estimate of drug-likeness (QED) is 0.611. The zero-order valence-corrected chi connectivity index (χ0v) is 16.7. The monoisotopic (exact) mass is 408 g/mol. The first-order chi connectivity index (χ1) is 14.6. The second kappa shape index (κ2) is 9.06. The lowest BCUT2D eigenvalue weighted by molar-refractivity contribution is -0.124. The highest BCUT2D eigenvalue weighted by Gasteiger charge is 2.19. The third-order valence-electron chi connectivity index (χ3n) is 4.98. The molecule has 1 aliphatic heterocycles. The number of aliphatic hydroxyl groups excluding tert-OH is 1. The normalized spacial score (nSPS) is 15.6. The van der Waals surface area contributed by atoms with Gasteiger partial charge in [-0.1, -0.05) is 18.2 Å². The maximum atomic E-state index is 11.4. The number of aromatic nitrogens is 2. The molecule has 1 aromatic heterocycles. The van der Waals surface area contributed by atoms with Gasteiger partial charge in [-0.15, -0.1) is 0 Å². The van der Waals surface area contributed by atoms with Gasteiger partial charge in [-0.05, 0) is 34.5 Å². The highest BCUT2D eigenvalue weighted by molar-refractivity contribution is 5.88. The van der Waals surface area contributed by atoms with E-state index < -0.39 is 6.10 Å².